The average molecular weight is 289 g/mol. The number of thiophene rings is 1. The van der Waals surface area contributed by atoms with Crippen molar-refractivity contribution in [2.75, 3.05) is 5.32 Å². The molecule has 2 heterocycles. The summed E-state index contributed by atoms with van der Waals surface area (Å²) in [6.07, 6.45) is 0. The third kappa shape index (κ3) is 3.06. The molecule has 17 heavy (non-hydrogen) atoms. The van der Waals surface area contributed by atoms with Crippen molar-refractivity contribution in [3.8, 4) is 0 Å². The van der Waals surface area contributed by atoms with E-state index in [1.807, 2.05) is 6.92 Å². The summed E-state index contributed by atoms with van der Waals surface area (Å²) in [5.41, 5.74) is 0. The maximum absolute atomic E-state index is 5.88. The van der Waals surface area contributed by atoms with Crippen LogP contribution < -0.4 is 5.32 Å². The van der Waals surface area contributed by atoms with E-state index in [9.17, 15) is 0 Å². The highest BCUT2D eigenvalue weighted by Crippen LogP contribution is 2.27. The van der Waals surface area contributed by atoms with E-state index >= 15 is 0 Å². The molecule has 0 aromatic carbocycles. The van der Waals surface area contributed by atoms with Crippen molar-refractivity contribution in [2.45, 2.75) is 19.9 Å². The molecule has 0 radical (unpaired) electrons. The number of hydrogen-bond donors (Lipinski definition) is 1. The number of halogens is 2. The van der Waals surface area contributed by atoms with Gasteiger partial charge in [0, 0.05) is 9.75 Å². The second-order valence-electron chi connectivity index (χ2n) is 3.53. The minimum Gasteiger partial charge on any atom is -0.360 e. The smallest absolute Gasteiger partial charge is 0.245 e. The summed E-state index contributed by atoms with van der Waals surface area (Å²) in [7, 11) is 0. The molecule has 1 N–H and O–H groups in total. The standard InChI is InChI=1S/C10H10Cl2N4S/c1-5-3-4-7(17-5)6(2)13-9-8(11)15-16-10(12)14-9/h3-4,6H,1-2H3,(H,13,14,16). The van der Waals surface area contributed by atoms with Crippen LogP contribution in [0.1, 0.15) is 22.7 Å². The van der Waals surface area contributed by atoms with Gasteiger partial charge in [-0.1, -0.05) is 11.6 Å². The molecule has 1 unspecified atom stereocenters. The van der Waals surface area contributed by atoms with Crippen LogP contribution in [-0.4, -0.2) is 15.2 Å². The van der Waals surface area contributed by atoms with Crippen molar-refractivity contribution in [1.29, 1.82) is 0 Å². The number of aromatic nitrogens is 3. The Kier molecular flexibility index (Phi) is 3.81. The normalized spacial score (nSPS) is 12.5. The van der Waals surface area contributed by atoms with Gasteiger partial charge in [-0.3, -0.25) is 0 Å². The monoisotopic (exact) mass is 288 g/mol. The van der Waals surface area contributed by atoms with E-state index in [1.54, 1.807) is 11.3 Å². The third-order valence-electron chi connectivity index (χ3n) is 2.16. The predicted octanol–water partition coefficient (Wildman–Crippen LogP) is 3.72. The highest BCUT2D eigenvalue weighted by atomic mass is 35.5. The lowest BCUT2D eigenvalue weighted by Gasteiger charge is -2.13. The molecule has 0 saturated carbocycles. The van der Waals surface area contributed by atoms with Gasteiger partial charge in [0.25, 0.3) is 0 Å². The Morgan fingerprint density at radius 3 is 2.71 bits per heavy atom. The molecular weight excluding hydrogens is 279 g/mol. The second kappa shape index (κ2) is 5.16. The van der Waals surface area contributed by atoms with Gasteiger partial charge in [-0.05, 0) is 37.6 Å². The quantitative estimate of drug-likeness (QED) is 0.935. The molecule has 0 bridgehead atoms. The summed E-state index contributed by atoms with van der Waals surface area (Å²) in [6.45, 7) is 4.09. The van der Waals surface area contributed by atoms with Crippen LogP contribution in [0.3, 0.4) is 0 Å². The first kappa shape index (κ1) is 12.5. The molecular formula is C10H10Cl2N4S. The van der Waals surface area contributed by atoms with Crippen molar-refractivity contribution in [1.82, 2.24) is 15.2 Å². The molecule has 0 aliphatic rings. The van der Waals surface area contributed by atoms with Gasteiger partial charge in [0.2, 0.25) is 5.28 Å². The van der Waals surface area contributed by atoms with E-state index < -0.39 is 0 Å². The zero-order valence-corrected chi connectivity index (χ0v) is 11.6. The van der Waals surface area contributed by atoms with Crippen molar-refractivity contribution in [2.24, 2.45) is 0 Å². The van der Waals surface area contributed by atoms with Crippen LogP contribution in [0, 0.1) is 6.92 Å². The van der Waals surface area contributed by atoms with Crippen LogP contribution in [0.4, 0.5) is 5.82 Å². The fourth-order valence-corrected chi connectivity index (χ4v) is 2.48. The fraction of sp³-hybridized carbons (Fsp3) is 0.300. The molecule has 0 saturated heterocycles. The first-order valence-corrected chi connectivity index (χ1v) is 6.52. The second-order valence-corrected chi connectivity index (χ2v) is 5.55. The Hall–Kier alpha value is -0.910. The lowest BCUT2D eigenvalue weighted by molar-refractivity contribution is 0.876. The summed E-state index contributed by atoms with van der Waals surface area (Å²) in [5.74, 6) is 0.449. The van der Waals surface area contributed by atoms with Crippen LogP contribution in [-0.2, 0) is 0 Å². The van der Waals surface area contributed by atoms with Gasteiger partial charge in [0.05, 0.1) is 6.04 Å². The zero-order valence-electron chi connectivity index (χ0n) is 9.24. The summed E-state index contributed by atoms with van der Waals surface area (Å²) in [5, 5.41) is 10.7. The summed E-state index contributed by atoms with van der Waals surface area (Å²) in [6, 6.07) is 4.24. The molecule has 2 rings (SSSR count). The summed E-state index contributed by atoms with van der Waals surface area (Å²) < 4.78 is 0. The van der Waals surface area contributed by atoms with E-state index in [1.165, 1.54) is 9.75 Å². The predicted molar refractivity (Wildman–Crippen MR) is 70.9 cm³/mol. The van der Waals surface area contributed by atoms with E-state index in [2.05, 4.69) is 39.6 Å². The first-order chi connectivity index (χ1) is 8.06. The highest BCUT2D eigenvalue weighted by molar-refractivity contribution is 7.12. The van der Waals surface area contributed by atoms with Crippen LogP contribution in [0.25, 0.3) is 0 Å². The van der Waals surface area contributed by atoms with E-state index in [0.29, 0.717) is 5.82 Å². The highest BCUT2D eigenvalue weighted by Gasteiger charge is 2.12. The Balaban J connectivity index is 2.18. The summed E-state index contributed by atoms with van der Waals surface area (Å²) in [4.78, 5) is 6.46. The van der Waals surface area contributed by atoms with Gasteiger partial charge in [-0.25, -0.2) is 0 Å². The Bertz CT molecular complexity index is 529. The molecule has 0 aliphatic heterocycles. The van der Waals surface area contributed by atoms with Crippen molar-refractivity contribution >= 4 is 40.4 Å². The van der Waals surface area contributed by atoms with Gasteiger partial charge in [-0.2, -0.15) is 4.98 Å². The van der Waals surface area contributed by atoms with Gasteiger partial charge >= 0.3 is 0 Å². The number of rotatable bonds is 3. The Labute approximate surface area is 113 Å². The lowest BCUT2D eigenvalue weighted by atomic mass is 10.3. The van der Waals surface area contributed by atoms with E-state index in [-0.39, 0.29) is 16.5 Å². The van der Waals surface area contributed by atoms with Gasteiger partial charge in [0.15, 0.2) is 11.0 Å². The number of anilines is 1. The lowest BCUT2D eigenvalue weighted by Crippen LogP contribution is -2.08. The molecule has 0 aliphatic carbocycles. The van der Waals surface area contributed by atoms with Crippen LogP contribution in [0.2, 0.25) is 10.4 Å². The molecule has 7 heteroatoms. The SMILES string of the molecule is Cc1ccc(C(C)Nc2nc(Cl)nnc2Cl)s1. The molecule has 0 fully saturated rings. The molecule has 2 aromatic heterocycles. The molecule has 2 aromatic rings. The van der Waals surface area contributed by atoms with Gasteiger partial charge < -0.3 is 5.32 Å². The van der Waals surface area contributed by atoms with E-state index in [0.717, 1.165) is 0 Å². The Morgan fingerprint density at radius 2 is 2.06 bits per heavy atom. The van der Waals surface area contributed by atoms with Gasteiger partial charge in [-0.15, -0.1) is 21.5 Å². The van der Waals surface area contributed by atoms with Crippen molar-refractivity contribution in [3.05, 3.63) is 32.3 Å². The van der Waals surface area contributed by atoms with Crippen LogP contribution in [0.5, 0.6) is 0 Å². The molecule has 1 atom stereocenters. The molecule has 0 amide bonds. The topological polar surface area (TPSA) is 50.7 Å². The van der Waals surface area contributed by atoms with Crippen LogP contribution in [0.15, 0.2) is 12.1 Å². The maximum atomic E-state index is 5.88. The molecule has 4 nitrogen and oxygen atoms in total. The van der Waals surface area contributed by atoms with Gasteiger partial charge in [0.1, 0.15) is 0 Å². The number of hydrogen-bond acceptors (Lipinski definition) is 5. The number of nitrogens with one attached hydrogen (secondary N) is 1. The van der Waals surface area contributed by atoms with Crippen molar-refractivity contribution in [3.63, 3.8) is 0 Å². The maximum Gasteiger partial charge on any atom is 0.245 e. The largest absolute Gasteiger partial charge is 0.360 e. The first-order valence-electron chi connectivity index (χ1n) is 4.95. The average Bonchev–Trinajstić information content (AvgIpc) is 2.70. The number of nitrogens with zero attached hydrogens (tertiary/aromatic N) is 3. The fourth-order valence-electron chi connectivity index (χ4n) is 1.35. The van der Waals surface area contributed by atoms with Crippen molar-refractivity contribution < 1.29 is 0 Å². The Morgan fingerprint density at radius 1 is 1.29 bits per heavy atom. The minimum absolute atomic E-state index is 0.0754. The zero-order chi connectivity index (χ0) is 12.4. The third-order valence-corrected chi connectivity index (χ3v) is 3.76. The summed E-state index contributed by atoms with van der Waals surface area (Å²) >= 11 is 13.3. The van der Waals surface area contributed by atoms with Crippen LogP contribution >= 0.6 is 34.5 Å². The molecule has 90 valence electrons. The molecule has 0 spiro atoms. The minimum atomic E-state index is 0.0754. The van der Waals surface area contributed by atoms with E-state index in [4.69, 9.17) is 23.2 Å². The number of aryl methyl sites for hydroxylation is 1.